The van der Waals surface area contributed by atoms with Gasteiger partial charge in [-0.3, -0.25) is 11.2 Å². The summed E-state index contributed by atoms with van der Waals surface area (Å²) in [6.45, 7) is 0. The number of hydrogen-bond acceptors (Lipinski definition) is 7. The molecule has 1 heterocycles. The smallest absolute Gasteiger partial charge is 0.280 e. The first kappa shape index (κ1) is 10.8. The standard InChI is InChI=1S/C2H5N3S.ClHO4/c3-2-5-4-1-6-2;2-1(3,4)5/h4H,1H2,(H2,3,5);(H,2,3,4,5). The predicted molar refractivity (Wildman–Crippen MR) is 25.8 cm³/mol. The number of hydrazine groups is 1. The molecule has 0 saturated heterocycles. The van der Waals surface area contributed by atoms with Crippen LogP contribution < -0.4 is 34.9 Å². The summed E-state index contributed by atoms with van der Waals surface area (Å²) in [5.41, 5.74) is 8.06. The summed E-state index contributed by atoms with van der Waals surface area (Å²) in [6.07, 6.45) is 0. The largest absolute Gasteiger partial charge is 0.326 e. The van der Waals surface area contributed by atoms with E-state index in [9.17, 15) is 0 Å². The van der Waals surface area contributed by atoms with Gasteiger partial charge in [0.1, 0.15) is 5.88 Å². The Morgan fingerprint density at radius 2 is 1.91 bits per heavy atom. The van der Waals surface area contributed by atoms with E-state index in [0.717, 1.165) is 11.0 Å². The molecule has 4 N–H and O–H groups in total. The second-order valence-corrected chi connectivity index (χ2v) is 3.11. The van der Waals surface area contributed by atoms with Crippen molar-refractivity contribution in [2.75, 3.05) is 5.88 Å². The molecule has 0 aromatic carbocycles. The number of nitrogens with one attached hydrogen (secondary N) is 2. The lowest BCUT2D eigenvalue weighted by Gasteiger charge is -2.17. The highest BCUT2D eigenvalue weighted by molar-refractivity contribution is 8.13. The van der Waals surface area contributed by atoms with Crippen molar-refractivity contribution in [3.8, 4) is 0 Å². The Hall–Kier alpha value is -0.250. The van der Waals surface area contributed by atoms with Crippen LogP contribution in [0.3, 0.4) is 0 Å². The molecule has 0 saturated carbocycles. The summed E-state index contributed by atoms with van der Waals surface area (Å²) >= 11 is 1.57. The summed E-state index contributed by atoms with van der Waals surface area (Å²) in [7, 11) is -4.94. The van der Waals surface area contributed by atoms with Gasteiger partial charge in [-0.1, -0.05) is 0 Å². The van der Waals surface area contributed by atoms with Gasteiger partial charge < -0.3 is 0 Å². The maximum atomic E-state index is 8.49. The van der Waals surface area contributed by atoms with Crippen LogP contribution in [0.15, 0.2) is 0 Å². The minimum atomic E-state index is -4.94. The third kappa shape index (κ3) is 12.9. The Balaban J connectivity index is 0.000000187. The van der Waals surface area contributed by atoms with Crippen molar-refractivity contribution in [2.45, 2.75) is 0 Å². The fourth-order valence-electron chi connectivity index (χ4n) is 0.273. The van der Waals surface area contributed by atoms with Gasteiger partial charge in [-0.05, 0) is 11.8 Å². The van der Waals surface area contributed by atoms with Gasteiger partial charge in [-0.25, -0.2) is 18.6 Å². The molecule has 0 aromatic rings. The van der Waals surface area contributed by atoms with E-state index in [1.165, 1.54) is 0 Å². The van der Waals surface area contributed by atoms with Gasteiger partial charge in [0.25, 0.3) is 0 Å². The van der Waals surface area contributed by atoms with Gasteiger partial charge in [0.05, 0.1) is 0 Å². The van der Waals surface area contributed by atoms with Gasteiger partial charge in [0.15, 0.2) is 0 Å². The summed E-state index contributed by atoms with van der Waals surface area (Å²) in [5, 5.41) is 3.49. The Morgan fingerprint density at radius 1 is 1.45 bits per heavy atom. The van der Waals surface area contributed by atoms with Crippen LogP contribution in [-0.4, -0.2) is 11.0 Å². The van der Waals surface area contributed by atoms with Crippen molar-refractivity contribution in [2.24, 2.45) is 5.73 Å². The molecule has 0 radical (unpaired) electrons. The zero-order chi connectivity index (χ0) is 8.91. The lowest BCUT2D eigenvalue weighted by Crippen LogP contribution is -2.80. The molecule has 0 spiro atoms. The van der Waals surface area contributed by atoms with Crippen LogP contribution in [-0.2, 0) is 0 Å². The molecule has 0 unspecified atom stereocenters. The van der Waals surface area contributed by atoms with E-state index < -0.39 is 10.2 Å². The molecule has 7 nitrogen and oxygen atoms in total. The fraction of sp³-hybridized carbons (Fsp3) is 0.500. The molecule has 1 aliphatic rings. The maximum Gasteiger partial charge on any atom is 0.326 e. The Morgan fingerprint density at radius 3 is 2.00 bits per heavy atom. The number of rotatable bonds is 0. The molecular formula is C2H6ClN3O4S. The van der Waals surface area contributed by atoms with Crippen molar-refractivity contribution in [1.29, 1.82) is 0 Å². The SMILES string of the molecule is NC1=[NH+]NCS1.[O-][Cl+3]([O-])([O-])[O-]. The molecule has 0 atom stereocenters. The Labute approximate surface area is 68.6 Å². The first-order chi connectivity index (χ1) is 4.89. The third-order valence-corrected chi connectivity index (χ3v) is 1.21. The third-order valence-electron chi connectivity index (χ3n) is 0.511. The van der Waals surface area contributed by atoms with Crippen LogP contribution in [0, 0.1) is 10.2 Å². The first-order valence-electron chi connectivity index (χ1n) is 2.25. The molecule has 66 valence electrons. The normalized spacial score (nSPS) is 16.2. The number of hydrogen-bond donors (Lipinski definition) is 3. The van der Waals surface area contributed by atoms with Crippen molar-refractivity contribution >= 4 is 16.9 Å². The summed E-state index contributed by atoms with van der Waals surface area (Å²) in [4.78, 5) is 0. The topological polar surface area (TPSA) is 144 Å². The molecule has 0 amide bonds. The molecule has 1 rings (SSSR count). The first-order valence-corrected chi connectivity index (χ1v) is 4.47. The minimum Gasteiger partial charge on any atom is -0.280 e. The number of thioether (sulfide) groups is 1. The second-order valence-electron chi connectivity index (χ2n) is 1.33. The van der Waals surface area contributed by atoms with Crippen LogP contribution >= 0.6 is 11.8 Å². The van der Waals surface area contributed by atoms with Gasteiger partial charge in [0.2, 0.25) is 0 Å². The molecule has 9 heteroatoms. The maximum absolute atomic E-state index is 8.49. The highest BCUT2D eigenvalue weighted by Crippen LogP contribution is 1.90. The van der Waals surface area contributed by atoms with Crippen molar-refractivity contribution < 1.29 is 34.0 Å². The fourth-order valence-corrected chi connectivity index (χ4v) is 0.717. The molecule has 0 fully saturated rings. The van der Waals surface area contributed by atoms with Crippen LogP contribution in [0.5, 0.6) is 0 Å². The number of hydrazone groups is 1. The monoisotopic (exact) mass is 203 g/mol. The van der Waals surface area contributed by atoms with E-state index in [4.69, 9.17) is 24.4 Å². The van der Waals surface area contributed by atoms with E-state index in [2.05, 4.69) is 10.5 Å². The molecule has 1 aliphatic heterocycles. The van der Waals surface area contributed by atoms with E-state index in [0.29, 0.717) is 0 Å². The molecular weight excluding hydrogens is 198 g/mol. The van der Waals surface area contributed by atoms with E-state index in [1.54, 1.807) is 11.8 Å². The number of amidine groups is 1. The second kappa shape index (κ2) is 4.59. The molecule has 0 aliphatic carbocycles. The van der Waals surface area contributed by atoms with E-state index in [-0.39, 0.29) is 0 Å². The Kier molecular flexibility index (Phi) is 4.49. The highest BCUT2D eigenvalue weighted by atomic mass is 35.7. The lowest BCUT2D eigenvalue weighted by atomic mass is 11.3. The zero-order valence-electron chi connectivity index (χ0n) is 5.20. The van der Waals surface area contributed by atoms with Gasteiger partial charge in [-0.2, -0.15) is 5.10 Å². The highest BCUT2D eigenvalue weighted by Gasteiger charge is 2.03. The summed E-state index contributed by atoms with van der Waals surface area (Å²) in [6, 6.07) is 0. The Bertz CT molecular complexity index is 141. The molecule has 11 heavy (non-hydrogen) atoms. The quantitative estimate of drug-likeness (QED) is 0.355. The average Bonchev–Trinajstić information content (AvgIpc) is 2.12. The average molecular weight is 204 g/mol. The minimum absolute atomic E-state index is 0.759. The van der Waals surface area contributed by atoms with Crippen molar-refractivity contribution in [3.05, 3.63) is 0 Å². The van der Waals surface area contributed by atoms with Crippen LogP contribution in [0.2, 0.25) is 0 Å². The van der Waals surface area contributed by atoms with Crippen molar-refractivity contribution in [3.63, 3.8) is 0 Å². The summed E-state index contributed by atoms with van der Waals surface area (Å²) in [5.74, 6) is 0.881. The predicted octanol–water partition coefficient (Wildman–Crippen LogP) is -7.17. The van der Waals surface area contributed by atoms with Gasteiger partial charge in [0, 0.05) is 0 Å². The van der Waals surface area contributed by atoms with E-state index >= 15 is 0 Å². The molecule has 0 bridgehead atoms. The summed E-state index contributed by atoms with van der Waals surface area (Å²) < 4.78 is 34.0. The number of halogens is 1. The van der Waals surface area contributed by atoms with Gasteiger partial charge >= 0.3 is 5.17 Å². The van der Waals surface area contributed by atoms with Crippen LogP contribution in [0.25, 0.3) is 0 Å². The molecule has 0 aromatic heterocycles. The van der Waals surface area contributed by atoms with Crippen molar-refractivity contribution in [1.82, 2.24) is 5.43 Å². The van der Waals surface area contributed by atoms with Crippen LogP contribution in [0.4, 0.5) is 0 Å². The zero-order valence-corrected chi connectivity index (χ0v) is 6.78. The van der Waals surface area contributed by atoms with Crippen LogP contribution in [0.1, 0.15) is 0 Å². The van der Waals surface area contributed by atoms with E-state index in [1.807, 2.05) is 0 Å². The number of nitrogens with two attached hydrogens (primary N) is 1. The lowest BCUT2D eigenvalue weighted by molar-refractivity contribution is -2.00. The van der Waals surface area contributed by atoms with Gasteiger partial charge in [-0.15, -0.1) is 10.2 Å².